The lowest BCUT2D eigenvalue weighted by Crippen LogP contribution is -2.33. The van der Waals surface area contributed by atoms with Crippen LogP contribution in [-0.2, 0) is 0 Å². The molecule has 1 atom stereocenters. The Morgan fingerprint density at radius 3 is 2.65 bits per heavy atom. The highest BCUT2D eigenvalue weighted by atomic mass is 16.4. The van der Waals surface area contributed by atoms with Gasteiger partial charge in [-0.1, -0.05) is 51.3 Å². The highest BCUT2D eigenvalue weighted by Gasteiger charge is 2.37. The number of hydrogen-bond acceptors (Lipinski definition) is 2. The maximum absolute atomic E-state index is 10.8. The van der Waals surface area contributed by atoms with Crippen molar-refractivity contribution in [2.75, 3.05) is 0 Å². The van der Waals surface area contributed by atoms with Crippen molar-refractivity contribution in [3.05, 3.63) is 47.5 Å². The van der Waals surface area contributed by atoms with Gasteiger partial charge in [-0.05, 0) is 54.2 Å². The van der Waals surface area contributed by atoms with E-state index >= 15 is 0 Å². The molecule has 0 aliphatic heterocycles. The molecule has 1 unspecified atom stereocenters. The minimum Gasteiger partial charge on any atom is -0.475 e. The third kappa shape index (κ3) is 3.96. The van der Waals surface area contributed by atoms with E-state index in [0.29, 0.717) is 11.7 Å². The zero-order valence-corrected chi connectivity index (χ0v) is 14.4. The van der Waals surface area contributed by atoms with Crippen LogP contribution in [0.15, 0.2) is 40.4 Å². The molecule has 1 N–H and O–H groups in total. The first kappa shape index (κ1) is 17.1. The second kappa shape index (κ2) is 6.12. The molecular formula is C20H24O3. The Kier molecular flexibility index (Phi) is 4.56. The summed E-state index contributed by atoms with van der Waals surface area (Å²) in [5, 5.41) is 8.81. The molecule has 0 aromatic carbocycles. The van der Waals surface area contributed by atoms with E-state index in [9.17, 15) is 4.79 Å². The van der Waals surface area contributed by atoms with Crippen molar-refractivity contribution in [1.29, 1.82) is 0 Å². The second-order valence-corrected chi connectivity index (χ2v) is 7.45. The van der Waals surface area contributed by atoms with Gasteiger partial charge in [0.25, 0.3) is 0 Å². The average molecular weight is 312 g/mol. The minimum atomic E-state index is -1.08. The molecule has 3 heteroatoms. The fourth-order valence-corrected chi connectivity index (χ4v) is 3.05. The summed E-state index contributed by atoms with van der Waals surface area (Å²) < 4.78 is 5.11. The Hall–Kier alpha value is -2.21. The summed E-state index contributed by atoms with van der Waals surface area (Å²) in [6.07, 6.45) is 7.47. The van der Waals surface area contributed by atoms with Gasteiger partial charge >= 0.3 is 5.97 Å². The monoisotopic (exact) mass is 312 g/mol. The lowest BCUT2D eigenvalue weighted by molar-refractivity contribution is 0.0662. The highest BCUT2D eigenvalue weighted by Crippen LogP contribution is 2.48. The van der Waals surface area contributed by atoms with E-state index in [0.717, 1.165) is 6.42 Å². The lowest BCUT2D eigenvalue weighted by Gasteiger charge is -2.43. The average Bonchev–Trinajstić information content (AvgIpc) is 2.89. The summed E-state index contributed by atoms with van der Waals surface area (Å²) in [5.74, 6) is 5.40. The molecule has 1 aliphatic rings. The number of carbonyl (C=O) groups is 1. The van der Waals surface area contributed by atoms with Crippen molar-refractivity contribution in [3.8, 4) is 11.8 Å². The second-order valence-electron chi connectivity index (χ2n) is 7.45. The van der Waals surface area contributed by atoms with Crippen LogP contribution in [-0.4, -0.2) is 11.1 Å². The topological polar surface area (TPSA) is 50.4 Å². The van der Waals surface area contributed by atoms with Crippen molar-refractivity contribution in [1.82, 2.24) is 0 Å². The van der Waals surface area contributed by atoms with Gasteiger partial charge in [-0.15, -0.1) is 0 Å². The van der Waals surface area contributed by atoms with Gasteiger partial charge in [0.1, 0.15) is 0 Å². The van der Waals surface area contributed by atoms with E-state index in [2.05, 4.69) is 58.6 Å². The Morgan fingerprint density at radius 2 is 2.04 bits per heavy atom. The molecule has 1 aromatic heterocycles. The van der Waals surface area contributed by atoms with E-state index in [1.165, 1.54) is 11.6 Å². The minimum absolute atomic E-state index is 0.0887. The predicted molar refractivity (Wildman–Crippen MR) is 91.1 cm³/mol. The van der Waals surface area contributed by atoms with Crippen LogP contribution >= 0.6 is 0 Å². The Labute approximate surface area is 138 Å². The number of furan rings is 1. The van der Waals surface area contributed by atoms with Gasteiger partial charge in [0.2, 0.25) is 5.76 Å². The summed E-state index contributed by atoms with van der Waals surface area (Å²) in [7, 11) is 0. The molecule has 0 saturated heterocycles. The van der Waals surface area contributed by atoms with Crippen LogP contribution in [0, 0.1) is 28.6 Å². The fourth-order valence-electron chi connectivity index (χ4n) is 3.05. The van der Waals surface area contributed by atoms with Crippen LogP contribution in [0.3, 0.4) is 0 Å². The first-order chi connectivity index (χ1) is 10.6. The molecule has 122 valence electrons. The van der Waals surface area contributed by atoms with Gasteiger partial charge in [0, 0.05) is 0 Å². The number of carboxylic acid groups (broad SMARTS) is 1. The van der Waals surface area contributed by atoms with Crippen molar-refractivity contribution < 1.29 is 14.3 Å². The Balaban J connectivity index is 2.13. The van der Waals surface area contributed by atoms with E-state index in [4.69, 9.17) is 9.52 Å². The van der Waals surface area contributed by atoms with E-state index < -0.39 is 5.97 Å². The van der Waals surface area contributed by atoms with Crippen molar-refractivity contribution in [2.24, 2.45) is 16.7 Å². The van der Waals surface area contributed by atoms with Crippen LogP contribution in [0.1, 0.15) is 57.4 Å². The van der Waals surface area contributed by atoms with E-state index in [1.807, 2.05) is 6.08 Å². The summed E-state index contributed by atoms with van der Waals surface area (Å²) in [5.41, 5.74) is 1.72. The highest BCUT2D eigenvalue weighted by molar-refractivity contribution is 5.84. The first-order valence-electron chi connectivity index (χ1n) is 7.83. The number of aromatic carboxylic acids is 1. The van der Waals surface area contributed by atoms with Crippen molar-refractivity contribution >= 4 is 5.97 Å². The van der Waals surface area contributed by atoms with Crippen molar-refractivity contribution in [2.45, 2.75) is 41.0 Å². The van der Waals surface area contributed by atoms with Crippen LogP contribution in [0.4, 0.5) is 0 Å². The van der Waals surface area contributed by atoms with Crippen LogP contribution in [0.5, 0.6) is 0 Å². The predicted octanol–water partition coefficient (Wildman–Crippen LogP) is 4.90. The van der Waals surface area contributed by atoms with E-state index in [1.54, 1.807) is 6.07 Å². The maximum atomic E-state index is 10.8. The molecule has 1 aliphatic carbocycles. The molecule has 1 heterocycles. The molecule has 0 amide bonds. The molecule has 0 fully saturated rings. The summed E-state index contributed by atoms with van der Waals surface area (Å²) in [6, 6.07) is 2.99. The number of carboxylic acids is 1. The van der Waals surface area contributed by atoms with Gasteiger partial charge in [-0.3, -0.25) is 0 Å². The Bertz CT molecular complexity index is 718. The van der Waals surface area contributed by atoms with Gasteiger partial charge in [0.15, 0.2) is 5.76 Å². The quantitative estimate of drug-likeness (QED) is 0.624. The molecule has 0 saturated carbocycles. The molecule has 1 aromatic rings. The molecule has 0 spiro atoms. The number of rotatable bonds is 2. The zero-order valence-electron chi connectivity index (χ0n) is 14.4. The molecule has 3 nitrogen and oxygen atoms in total. The van der Waals surface area contributed by atoms with Crippen molar-refractivity contribution in [3.63, 3.8) is 0 Å². The summed E-state index contributed by atoms with van der Waals surface area (Å²) in [4.78, 5) is 10.8. The van der Waals surface area contributed by atoms with E-state index in [-0.39, 0.29) is 16.6 Å². The van der Waals surface area contributed by atoms with Crippen LogP contribution in [0.2, 0.25) is 0 Å². The third-order valence-corrected chi connectivity index (χ3v) is 4.72. The van der Waals surface area contributed by atoms with Gasteiger partial charge in [-0.2, -0.15) is 0 Å². The zero-order chi connectivity index (χ0) is 17.3. The largest absolute Gasteiger partial charge is 0.475 e. The molecule has 0 bridgehead atoms. The Morgan fingerprint density at radius 1 is 1.35 bits per heavy atom. The molecule has 0 radical (unpaired) electrons. The van der Waals surface area contributed by atoms with Gasteiger partial charge in [0.05, 0.1) is 0 Å². The van der Waals surface area contributed by atoms with Gasteiger partial charge < -0.3 is 9.52 Å². The normalized spacial score (nSPS) is 22.3. The van der Waals surface area contributed by atoms with Crippen LogP contribution < -0.4 is 0 Å². The summed E-state index contributed by atoms with van der Waals surface area (Å²) >= 11 is 0. The fraction of sp³-hybridized carbons (Fsp3) is 0.450. The SMILES string of the molecule is CC1=CC(C)(C)CC(C=CC#Cc2ccc(C(=O)O)o2)C1(C)C. The lowest BCUT2D eigenvalue weighted by atomic mass is 9.61. The maximum Gasteiger partial charge on any atom is 0.371 e. The standard InChI is InChI=1S/C20H24O3/c1-14-12-19(2,3)13-15(20(14,4)5)8-6-7-9-16-10-11-17(23-16)18(21)22/h6,8,10-12,15H,13H2,1-5H3,(H,21,22). The first-order valence-corrected chi connectivity index (χ1v) is 7.83. The van der Waals surface area contributed by atoms with Gasteiger partial charge in [-0.25, -0.2) is 4.79 Å². The van der Waals surface area contributed by atoms with Crippen LogP contribution in [0.25, 0.3) is 0 Å². The molecule has 2 rings (SSSR count). The molecular weight excluding hydrogens is 288 g/mol. The number of hydrogen-bond donors (Lipinski definition) is 1. The third-order valence-electron chi connectivity index (χ3n) is 4.72. The number of allylic oxidation sites excluding steroid dienone is 4. The smallest absolute Gasteiger partial charge is 0.371 e. The summed E-state index contributed by atoms with van der Waals surface area (Å²) in [6.45, 7) is 11.2. The molecule has 23 heavy (non-hydrogen) atoms.